The molecule has 0 aliphatic heterocycles. The number of H-pyrrole nitrogens is 1. The summed E-state index contributed by atoms with van der Waals surface area (Å²) in [5.41, 5.74) is 0.665. The van der Waals surface area contributed by atoms with Gasteiger partial charge in [-0.3, -0.25) is 4.57 Å². The lowest BCUT2D eigenvalue weighted by Crippen LogP contribution is -2.19. The van der Waals surface area contributed by atoms with Crippen molar-refractivity contribution < 1.29 is 17.9 Å². The highest BCUT2D eigenvalue weighted by molar-refractivity contribution is 7.98. The van der Waals surface area contributed by atoms with Crippen LogP contribution < -0.4 is 10.4 Å². The first-order valence-electron chi connectivity index (χ1n) is 7.45. The van der Waals surface area contributed by atoms with Crippen LogP contribution in [0.1, 0.15) is 25.3 Å². The van der Waals surface area contributed by atoms with E-state index in [2.05, 4.69) is 14.9 Å². The van der Waals surface area contributed by atoms with Crippen LogP contribution in [0.15, 0.2) is 34.2 Å². The number of benzene rings is 1. The molecule has 24 heavy (non-hydrogen) atoms. The third-order valence-electron chi connectivity index (χ3n) is 3.15. The van der Waals surface area contributed by atoms with Gasteiger partial charge < -0.3 is 4.74 Å². The molecule has 0 aliphatic carbocycles. The van der Waals surface area contributed by atoms with Crippen LogP contribution in [0.25, 0.3) is 0 Å². The van der Waals surface area contributed by atoms with Gasteiger partial charge in [0.25, 0.3) is 0 Å². The number of nitrogens with zero attached hydrogens (tertiary/aromatic N) is 2. The van der Waals surface area contributed by atoms with Crippen molar-refractivity contribution in [3.63, 3.8) is 0 Å². The maximum atomic E-state index is 12.1. The number of thioether (sulfide) groups is 1. The van der Waals surface area contributed by atoms with Gasteiger partial charge in [-0.05, 0) is 24.1 Å². The Morgan fingerprint density at radius 1 is 1.29 bits per heavy atom. The third-order valence-corrected chi connectivity index (χ3v) is 4.20. The monoisotopic (exact) mass is 361 g/mol. The molecule has 0 aliphatic rings. The lowest BCUT2D eigenvalue weighted by Gasteiger charge is -2.09. The van der Waals surface area contributed by atoms with Crippen molar-refractivity contribution in [2.75, 3.05) is 6.61 Å². The van der Waals surface area contributed by atoms with E-state index >= 15 is 0 Å². The highest BCUT2D eigenvalue weighted by Crippen LogP contribution is 2.23. The van der Waals surface area contributed by atoms with Crippen LogP contribution in [0.5, 0.6) is 5.75 Å². The van der Waals surface area contributed by atoms with E-state index in [9.17, 15) is 18.0 Å². The van der Waals surface area contributed by atoms with Crippen LogP contribution >= 0.6 is 11.8 Å². The maximum Gasteiger partial charge on any atom is 0.422 e. The summed E-state index contributed by atoms with van der Waals surface area (Å²) in [6.07, 6.45) is -2.49. The first kappa shape index (κ1) is 18.4. The SMILES string of the molecule is CCCCn1c(SCc2ccc(OCC(F)(F)F)cc2)n[nH]c1=O. The molecule has 132 valence electrons. The molecule has 0 fully saturated rings. The predicted molar refractivity (Wildman–Crippen MR) is 85.3 cm³/mol. The number of aromatic nitrogens is 3. The van der Waals surface area contributed by atoms with Crippen LogP contribution in [-0.2, 0) is 12.3 Å². The van der Waals surface area contributed by atoms with E-state index in [1.54, 1.807) is 16.7 Å². The fourth-order valence-corrected chi connectivity index (χ4v) is 2.85. The molecule has 0 radical (unpaired) electrons. The van der Waals surface area contributed by atoms with Gasteiger partial charge in [-0.1, -0.05) is 37.2 Å². The second kappa shape index (κ2) is 8.27. The van der Waals surface area contributed by atoms with Crippen molar-refractivity contribution in [2.45, 2.75) is 43.4 Å². The van der Waals surface area contributed by atoms with E-state index in [1.807, 2.05) is 6.92 Å². The summed E-state index contributed by atoms with van der Waals surface area (Å²) in [5, 5.41) is 7.03. The fraction of sp³-hybridized carbons (Fsp3) is 0.467. The largest absolute Gasteiger partial charge is 0.484 e. The highest BCUT2D eigenvalue weighted by Gasteiger charge is 2.28. The molecule has 2 rings (SSSR count). The molecule has 1 aromatic carbocycles. The summed E-state index contributed by atoms with van der Waals surface area (Å²) in [4.78, 5) is 11.7. The van der Waals surface area contributed by atoms with Crippen LogP contribution in [0, 0.1) is 0 Å². The molecule has 2 aromatic rings. The summed E-state index contributed by atoms with van der Waals surface area (Å²) >= 11 is 1.39. The van der Waals surface area contributed by atoms with E-state index in [0.717, 1.165) is 18.4 Å². The molecule has 1 aromatic heterocycles. The Labute approximate surface area is 141 Å². The highest BCUT2D eigenvalue weighted by atomic mass is 32.2. The van der Waals surface area contributed by atoms with Crippen molar-refractivity contribution in [1.29, 1.82) is 0 Å². The number of hydrogen-bond acceptors (Lipinski definition) is 4. The van der Waals surface area contributed by atoms with E-state index in [1.165, 1.54) is 23.9 Å². The van der Waals surface area contributed by atoms with Crippen LogP contribution in [0.2, 0.25) is 0 Å². The van der Waals surface area contributed by atoms with Gasteiger partial charge in [-0.25, -0.2) is 9.89 Å². The van der Waals surface area contributed by atoms with Gasteiger partial charge in [0.1, 0.15) is 5.75 Å². The smallest absolute Gasteiger partial charge is 0.422 e. The Morgan fingerprint density at radius 3 is 2.62 bits per heavy atom. The molecule has 0 amide bonds. The lowest BCUT2D eigenvalue weighted by atomic mass is 10.2. The number of nitrogens with one attached hydrogen (secondary N) is 1. The standard InChI is InChI=1S/C15H18F3N3O2S/c1-2-3-8-21-13(22)19-20-14(21)24-9-11-4-6-12(7-5-11)23-10-15(16,17)18/h4-7H,2-3,8-10H2,1H3,(H,19,22). The molecule has 0 saturated heterocycles. The molecular weight excluding hydrogens is 343 g/mol. The Bertz CT molecular complexity index is 695. The first-order valence-corrected chi connectivity index (χ1v) is 8.44. The van der Waals surface area contributed by atoms with E-state index < -0.39 is 12.8 Å². The number of unbranched alkanes of at least 4 members (excludes halogenated alkanes) is 1. The van der Waals surface area contributed by atoms with E-state index in [0.29, 0.717) is 17.5 Å². The molecule has 0 unspecified atom stereocenters. The van der Waals surface area contributed by atoms with Gasteiger partial charge in [0.05, 0.1) is 0 Å². The minimum Gasteiger partial charge on any atom is -0.484 e. The molecule has 0 saturated carbocycles. The van der Waals surface area contributed by atoms with Crippen LogP contribution in [0.4, 0.5) is 13.2 Å². The van der Waals surface area contributed by atoms with E-state index in [4.69, 9.17) is 0 Å². The number of alkyl halides is 3. The first-order chi connectivity index (χ1) is 11.4. The van der Waals surface area contributed by atoms with Gasteiger partial charge in [0, 0.05) is 12.3 Å². The predicted octanol–water partition coefficient (Wildman–Crippen LogP) is 3.60. The lowest BCUT2D eigenvalue weighted by molar-refractivity contribution is -0.153. The zero-order valence-electron chi connectivity index (χ0n) is 13.1. The number of rotatable bonds is 8. The Kier molecular flexibility index (Phi) is 6.36. The van der Waals surface area contributed by atoms with Crippen molar-refractivity contribution in [2.24, 2.45) is 0 Å². The summed E-state index contributed by atoms with van der Waals surface area (Å²) in [6, 6.07) is 6.38. The minimum absolute atomic E-state index is 0.167. The van der Waals surface area contributed by atoms with Gasteiger partial charge in [0.2, 0.25) is 0 Å². The number of halogens is 3. The summed E-state index contributed by atoms with van der Waals surface area (Å²) in [5.74, 6) is 0.719. The van der Waals surface area contributed by atoms with Gasteiger partial charge in [0.15, 0.2) is 11.8 Å². The van der Waals surface area contributed by atoms with Gasteiger partial charge in [-0.2, -0.15) is 13.2 Å². The van der Waals surface area contributed by atoms with Crippen molar-refractivity contribution in [3.05, 3.63) is 40.3 Å². The molecule has 0 atom stereocenters. The van der Waals surface area contributed by atoms with Crippen molar-refractivity contribution in [3.8, 4) is 5.75 Å². The van der Waals surface area contributed by atoms with Crippen LogP contribution in [0.3, 0.4) is 0 Å². The Balaban J connectivity index is 1.92. The normalized spacial score (nSPS) is 11.7. The quantitative estimate of drug-likeness (QED) is 0.730. The Morgan fingerprint density at radius 2 is 2.00 bits per heavy atom. The molecule has 1 N–H and O–H groups in total. The second-order valence-electron chi connectivity index (χ2n) is 5.15. The topological polar surface area (TPSA) is 59.9 Å². The zero-order valence-corrected chi connectivity index (χ0v) is 13.9. The van der Waals surface area contributed by atoms with Crippen LogP contribution in [-0.4, -0.2) is 27.5 Å². The van der Waals surface area contributed by atoms with Gasteiger partial charge in [-0.15, -0.1) is 5.10 Å². The molecule has 9 heteroatoms. The average Bonchev–Trinajstić information content (AvgIpc) is 2.89. The van der Waals surface area contributed by atoms with Gasteiger partial charge >= 0.3 is 11.9 Å². The summed E-state index contributed by atoms with van der Waals surface area (Å²) in [6.45, 7) is 1.34. The average molecular weight is 361 g/mol. The number of aromatic amines is 1. The maximum absolute atomic E-state index is 12.1. The summed E-state index contributed by atoms with van der Waals surface area (Å²) < 4.78 is 42.5. The van der Waals surface area contributed by atoms with Crippen molar-refractivity contribution >= 4 is 11.8 Å². The molecule has 1 heterocycles. The second-order valence-corrected chi connectivity index (χ2v) is 6.10. The minimum atomic E-state index is -4.35. The molecular formula is C15H18F3N3O2S. The Hall–Kier alpha value is -1.90. The van der Waals surface area contributed by atoms with Crippen molar-refractivity contribution in [1.82, 2.24) is 14.8 Å². The zero-order chi connectivity index (χ0) is 17.6. The third kappa shape index (κ3) is 5.63. The molecule has 0 spiro atoms. The fourth-order valence-electron chi connectivity index (χ4n) is 1.92. The summed E-state index contributed by atoms with van der Waals surface area (Å²) in [7, 11) is 0. The number of hydrogen-bond donors (Lipinski definition) is 1. The number of ether oxygens (including phenoxy) is 1. The molecule has 5 nitrogen and oxygen atoms in total. The van der Waals surface area contributed by atoms with E-state index in [-0.39, 0.29) is 11.4 Å². The molecule has 0 bridgehead atoms.